The summed E-state index contributed by atoms with van der Waals surface area (Å²) >= 11 is 6.21. The highest BCUT2D eigenvalue weighted by Crippen LogP contribution is 2.42. The Morgan fingerprint density at radius 2 is 0.969 bits per heavy atom. The number of hydrogen-bond acceptors (Lipinski definition) is 1. The normalized spacial score (nSPS) is 10.7. The molecular weight excluding hydrogens is 410 g/mol. The molecule has 5 rings (SSSR count). The van der Waals surface area contributed by atoms with Gasteiger partial charge in [-0.3, -0.25) is 0 Å². The molecule has 0 N–H and O–H groups in total. The zero-order chi connectivity index (χ0) is 21.8. The van der Waals surface area contributed by atoms with Crippen LogP contribution < -0.4 is 4.90 Å². The topological polar surface area (TPSA) is 3.24 Å². The van der Waals surface area contributed by atoms with E-state index in [1.807, 2.05) is 24.3 Å². The zero-order valence-electron chi connectivity index (χ0n) is 17.5. The Morgan fingerprint density at radius 3 is 1.59 bits per heavy atom. The Morgan fingerprint density at radius 1 is 0.438 bits per heavy atom. The van der Waals surface area contributed by atoms with Crippen molar-refractivity contribution >= 4 is 28.7 Å². The highest BCUT2D eigenvalue weighted by molar-refractivity contribution is 6.30. The Bertz CT molecular complexity index is 1300. The molecule has 32 heavy (non-hydrogen) atoms. The van der Waals surface area contributed by atoms with Crippen LogP contribution in [0.4, 0.5) is 17.1 Å². The molecule has 0 aliphatic rings. The molecule has 0 heterocycles. The van der Waals surface area contributed by atoms with E-state index in [9.17, 15) is 0 Å². The molecule has 0 amide bonds. The first-order chi connectivity index (χ1) is 15.8. The Balaban J connectivity index is 1.74. The minimum atomic E-state index is 0.726. The molecular formula is C30H22ClN. The Labute approximate surface area is 194 Å². The van der Waals surface area contributed by atoms with Gasteiger partial charge in [-0.05, 0) is 65.2 Å². The molecule has 0 spiro atoms. The van der Waals surface area contributed by atoms with E-state index in [0.717, 1.165) is 22.1 Å². The number of rotatable bonds is 5. The van der Waals surface area contributed by atoms with Gasteiger partial charge < -0.3 is 4.90 Å². The molecule has 0 bridgehead atoms. The predicted octanol–water partition coefficient (Wildman–Crippen LogP) is 9.14. The zero-order valence-corrected chi connectivity index (χ0v) is 18.3. The molecule has 0 saturated heterocycles. The fourth-order valence-corrected chi connectivity index (χ4v) is 4.11. The van der Waals surface area contributed by atoms with Crippen molar-refractivity contribution in [3.05, 3.63) is 138 Å². The lowest BCUT2D eigenvalue weighted by atomic mass is 9.96. The second-order valence-electron chi connectivity index (χ2n) is 7.61. The molecule has 0 aliphatic heterocycles. The quantitative estimate of drug-likeness (QED) is 0.268. The Kier molecular flexibility index (Phi) is 5.74. The largest absolute Gasteiger partial charge is 0.310 e. The van der Waals surface area contributed by atoms with Gasteiger partial charge in [0.1, 0.15) is 0 Å². The monoisotopic (exact) mass is 431 g/mol. The lowest BCUT2D eigenvalue weighted by molar-refractivity contribution is 1.28. The minimum absolute atomic E-state index is 0.726. The van der Waals surface area contributed by atoms with Gasteiger partial charge in [0.25, 0.3) is 0 Å². The summed E-state index contributed by atoms with van der Waals surface area (Å²) in [5.74, 6) is 0. The van der Waals surface area contributed by atoms with E-state index in [2.05, 4.69) is 114 Å². The molecule has 5 aromatic rings. The van der Waals surface area contributed by atoms with Crippen molar-refractivity contribution in [1.82, 2.24) is 0 Å². The summed E-state index contributed by atoms with van der Waals surface area (Å²) in [4.78, 5) is 2.29. The molecule has 1 nitrogen and oxygen atoms in total. The Hall–Kier alpha value is -3.81. The van der Waals surface area contributed by atoms with Gasteiger partial charge >= 0.3 is 0 Å². The van der Waals surface area contributed by atoms with E-state index in [1.165, 1.54) is 22.3 Å². The lowest BCUT2D eigenvalue weighted by Crippen LogP contribution is -2.11. The van der Waals surface area contributed by atoms with Crippen LogP contribution in [0.3, 0.4) is 0 Å². The van der Waals surface area contributed by atoms with E-state index in [1.54, 1.807) is 0 Å². The minimum Gasteiger partial charge on any atom is -0.310 e. The third-order valence-corrected chi connectivity index (χ3v) is 5.78. The molecule has 154 valence electrons. The molecule has 0 fully saturated rings. The number of hydrogen-bond donors (Lipinski definition) is 0. The molecule has 0 aliphatic carbocycles. The number of halogens is 1. The van der Waals surface area contributed by atoms with Crippen LogP contribution in [0.5, 0.6) is 0 Å². The van der Waals surface area contributed by atoms with Crippen LogP contribution in [0.15, 0.2) is 133 Å². The summed E-state index contributed by atoms with van der Waals surface area (Å²) < 4.78 is 0. The summed E-state index contributed by atoms with van der Waals surface area (Å²) in [6.45, 7) is 0. The molecule has 5 aromatic carbocycles. The molecule has 0 radical (unpaired) electrons. The van der Waals surface area contributed by atoms with Gasteiger partial charge in [-0.25, -0.2) is 0 Å². The van der Waals surface area contributed by atoms with Crippen molar-refractivity contribution in [2.75, 3.05) is 4.90 Å². The highest BCUT2D eigenvalue weighted by Gasteiger charge is 2.17. The lowest BCUT2D eigenvalue weighted by Gasteiger charge is -2.28. The van der Waals surface area contributed by atoms with Gasteiger partial charge in [-0.15, -0.1) is 0 Å². The van der Waals surface area contributed by atoms with Crippen molar-refractivity contribution in [3.8, 4) is 22.3 Å². The fraction of sp³-hybridized carbons (Fsp3) is 0. The van der Waals surface area contributed by atoms with Crippen LogP contribution in [-0.4, -0.2) is 0 Å². The van der Waals surface area contributed by atoms with Crippen LogP contribution in [0.2, 0.25) is 5.02 Å². The summed E-state index contributed by atoms with van der Waals surface area (Å²) in [7, 11) is 0. The second-order valence-corrected chi connectivity index (χ2v) is 8.05. The summed E-state index contributed by atoms with van der Waals surface area (Å²) in [5, 5.41) is 0.726. The maximum Gasteiger partial charge on any atom is 0.0540 e. The first kappa shape index (κ1) is 20.1. The molecule has 0 atom stereocenters. The van der Waals surface area contributed by atoms with Crippen LogP contribution in [0, 0.1) is 0 Å². The number of para-hydroxylation sites is 1. The van der Waals surface area contributed by atoms with Gasteiger partial charge in [0.05, 0.1) is 5.69 Å². The number of nitrogens with zero attached hydrogens (tertiary/aromatic N) is 1. The second kappa shape index (κ2) is 9.13. The molecule has 2 heteroatoms. The van der Waals surface area contributed by atoms with Crippen molar-refractivity contribution in [1.29, 1.82) is 0 Å². The van der Waals surface area contributed by atoms with E-state index in [-0.39, 0.29) is 0 Å². The highest BCUT2D eigenvalue weighted by atomic mass is 35.5. The first-order valence-corrected chi connectivity index (χ1v) is 11.0. The summed E-state index contributed by atoms with van der Waals surface area (Å²) in [6.07, 6.45) is 0. The van der Waals surface area contributed by atoms with Crippen LogP contribution in [0.1, 0.15) is 0 Å². The standard InChI is InChI=1S/C30H22ClN/c31-26-17-19-28(20-18-26)32(27-14-8-3-9-15-27)30-21-16-25(23-10-4-1-5-11-23)22-29(30)24-12-6-2-7-13-24/h1-22H. The summed E-state index contributed by atoms with van der Waals surface area (Å²) in [5.41, 5.74) is 8.02. The van der Waals surface area contributed by atoms with Gasteiger partial charge in [0.15, 0.2) is 0 Å². The third kappa shape index (κ3) is 4.16. The average molecular weight is 432 g/mol. The average Bonchev–Trinajstić information content (AvgIpc) is 2.87. The first-order valence-electron chi connectivity index (χ1n) is 10.7. The van der Waals surface area contributed by atoms with Crippen molar-refractivity contribution < 1.29 is 0 Å². The van der Waals surface area contributed by atoms with Gasteiger partial charge in [-0.2, -0.15) is 0 Å². The maximum absolute atomic E-state index is 6.21. The van der Waals surface area contributed by atoms with Crippen molar-refractivity contribution in [3.63, 3.8) is 0 Å². The predicted molar refractivity (Wildman–Crippen MR) is 137 cm³/mol. The molecule has 0 saturated carbocycles. The van der Waals surface area contributed by atoms with Crippen LogP contribution in [0.25, 0.3) is 22.3 Å². The van der Waals surface area contributed by atoms with Crippen LogP contribution >= 0.6 is 11.6 Å². The fourth-order valence-electron chi connectivity index (χ4n) is 3.98. The maximum atomic E-state index is 6.21. The van der Waals surface area contributed by atoms with E-state index < -0.39 is 0 Å². The van der Waals surface area contributed by atoms with Crippen LogP contribution in [-0.2, 0) is 0 Å². The number of anilines is 3. The third-order valence-electron chi connectivity index (χ3n) is 5.53. The summed E-state index contributed by atoms with van der Waals surface area (Å²) in [6, 6.07) is 46.2. The van der Waals surface area contributed by atoms with E-state index >= 15 is 0 Å². The van der Waals surface area contributed by atoms with Gasteiger partial charge in [0.2, 0.25) is 0 Å². The van der Waals surface area contributed by atoms with E-state index in [0.29, 0.717) is 0 Å². The van der Waals surface area contributed by atoms with Crippen molar-refractivity contribution in [2.24, 2.45) is 0 Å². The smallest absolute Gasteiger partial charge is 0.0540 e. The van der Waals surface area contributed by atoms with Crippen molar-refractivity contribution in [2.45, 2.75) is 0 Å². The SMILES string of the molecule is Clc1ccc(N(c2ccccc2)c2ccc(-c3ccccc3)cc2-c2ccccc2)cc1. The van der Waals surface area contributed by atoms with Gasteiger partial charge in [-0.1, -0.05) is 96.5 Å². The molecule has 0 unspecified atom stereocenters. The van der Waals surface area contributed by atoms with Gasteiger partial charge in [0, 0.05) is 22.0 Å². The van der Waals surface area contributed by atoms with E-state index in [4.69, 9.17) is 11.6 Å². The molecule has 0 aromatic heterocycles. The number of benzene rings is 5.